The van der Waals surface area contributed by atoms with Crippen LogP contribution in [0.5, 0.6) is 0 Å². The van der Waals surface area contributed by atoms with Gasteiger partial charge in [-0.15, -0.1) is 0 Å². The summed E-state index contributed by atoms with van der Waals surface area (Å²) in [6.07, 6.45) is 23.6. The molecule has 3 aliphatic carbocycles. The highest BCUT2D eigenvalue weighted by Crippen LogP contribution is 2.28. The fourth-order valence-corrected chi connectivity index (χ4v) is 6.79. The van der Waals surface area contributed by atoms with Gasteiger partial charge in [0.15, 0.2) is 0 Å². The second-order valence-corrected chi connectivity index (χ2v) is 11.3. The Morgan fingerprint density at radius 1 is 0.324 bits per heavy atom. The second kappa shape index (κ2) is 12.9. The first-order valence-electron chi connectivity index (χ1n) is 14.7. The van der Waals surface area contributed by atoms with Gasteiger partial charge in [-0.25, -0.2) is 28.1 Å². The van der Waals surface area contributed by atoms with Crippen molar-refractivity contribution in [1.29, 1.82) is 0 Å². The van der Waals surface area contributed by atoms with Gasteiger partial charge in [0.1, 0.15) is 0 Å². The molecule has 4 rings (SSSR count). The molecule has 6 nitrogen and oxygen atoms in total. The normalized spacial score (nSPS) is 23.6. The van der Waals surface area contributed by atoms with Crippen molar-refractivity contribution in [3.05, 3.63) is 31.5 Å². The van der Waals surface area contributed by atoms with Gasteiger partial charge in [0.25, 0.3) is 0 Å². The molecule has 0 bridgehead atoms. The Morgan fingerprint density at radius 2 is 0.500 bits per heavy atom. The van der Waals surface area contributed by atoms with Gasteiger partial charge in [-0.2, -0.15) is 0 Å². The minimum atomic E-state index is -0.314. The molecular weight excluding hydrogens is 426 g/mol. The molecule has 3 aliphatic rings. The Labute approximate surface area is 204 Å². The molecule has 0 atom stereocenters. The van der Waals surface area contributed by atoms with Crippen LogP contribution in [0.2, 0.25) is 0 Å². The minimum absolute atomic E-state index is 0.0664. The molecule has 3 saturated carbocycles. The van der Waals surface area contributed by atoms with Crippen LogP contribution < -0.4 is 17.1 Å². The third kappa shape index (κ3) is 6.15. The number of nitrogens with zero attached hydrogens (tertiary/aromatic N) is 3. The third-order valence-corrected chi connectivity index (χ3v) is 8.81. The van der Waals surface area contributed by atoms with E-state index in [1.807, 2.05) is 0 Å². The zero-order valence-corrected chi connectivity index (χ0v) is 21.4. The summed E-state index contributed by atoms with van der Waals surface area (Å²) in [5, 5.41) is 0. The van der Waals surface area contributed by atoms with Gasteiger partial charge in [0, 0.05) is 18.1 Å². The molecule has 1 aromatic rings. The molecule has 34 heavy (non-hydrogen) atoms. The van der Waals surface area contributed by atoms with Crippen molar-refractivity contribution in [2.45, 2.75) is 159 Å². The van der Waals surface area contributed by atoms with Crippen molar-refractivity contribution >= 4 is 0 Å². The Balaban J connectivity index is 1.82. The SMILES string of the molecule is O=c1n(C2CCCCCCCC2)c(=O)n(C2CCCCCCC2)c(=O)n1C1CCCCCCC1. The van der Waals surface area contributed by atoms with Gasteiger partial charge < -0.3 is 0 Å². The molecule has 6 heteroatoms. The van der Waals surface area contributed by atoms with Crippen LogP contribution >= 0.6 is 0 Å². The van der Waals surface area contributed by atoms with E-state index in [4.69, 9.17) is 0 Å². The number of hydrogen-bond acceptors (Lipinski definition) is 3. The van der Waals surface area contributed by atoms with E-state index in [0.29, 0.717) is 0 Å². The van der Waals surface area contributed by atoms with E-state index in [-0.39, 0.29) is 35.2 Å². The van der Waals surface area contributed by atoms with Crippen LogP contribution in [0.3, 0.4) is 0 Å². The Hall–Kier alpha value is -1.59. The molecule has 1 heterocycles. The first kappa shape index (κ1) is 25.5. The average Bonchev–Trinajstić information content (AvgIpc) is 2.90. The van der Waals surface area contributed by atoms with Crippen molar-refractivity contribution in [2.24, 2.45) is 0 Å². The minimum Gasteiger partial charge on any atom is -0.247 e. The summed E-state index contributed by atoms with van der Waals surface area (Å²) in [4.78, 5) is 41.9. The van der Waals surface area contributed by atoms with Gasteiger partial charge in [-0.3, -0.25) is 0 Å². The smallest absolute Gasteiger partial charge is 0.247 e. The monoisotopic (exact) mass is 473 g/mol. The van der Waals surface area contributed by atoms with Gasteiger partial charge in [0.2, 0.25) is 0 Å². The summed E-state index contributed by atoms with van der Waals surface area (Å²) in [6.45, 7) is 0. The standard InChI is InChI=1S/C28H47N3O3/c32-26-29(23-17-11-5-1-2-6-12-18-23)27(33)31(25-21-15-9-4-10-16-22-25)28(34)30(26)24-19-13-7-3-8-14-20-24/h23-25H,1-22H2. The van der Waals surface area contributed by atoms with Crippen molar-refractivity contribution in [3.8, 4) is 0 Å². The lowest BCUT2D eigenvalue weighted by atomic mass is 9.96. The highest BCUT2D eigenvalue weighted by molar-refractivity contribution is 4.90. The van der Waals surface area contributed by atoms with E-state index in [2.05, 4.69) is 0 Å². The molecule has 0 amide bonds. The topological polar surface area (TPSA) is 66.0 Å². The Bertz CT molecular complexity index is 857. The van der Waals surface area contributed by atoms with Crippen LogP contribution in [0.25, 0.3) is 0 Å². The summed E-state index contributed by atoms with van der Waals surface area (Å²) in [5.41, 5.74) is -0.940. The average molecular weight is 474 g/mol. The molecule has 0 spiro atoms. The summed E-state index contributed by atoms with van der Waals surface area (Å²) in [5.74, 6) is 0. The predicted molar refractivity (Wildman–Crippen MR) is 138 cm³/mol. The van der Waals surface area contributed by atoms with Crippen LogP contribution in [0.4, 0.5) is 0 Å². The molecule has 192 valence electrons. The highest BCUT2D eigenvalue weighted by Gasteiger charge is 2.29. The number of aromatic nitrogens is 3. The van der Waals surface area contributed by atoms with Crippen molar-refractivity contribution in [1.82, 2.24) is 13.7 Å². The van der Waals surface area contributed by atoms with Gasteiger partial charge in [-0.05, 0) is 38.5 Å². The van der Waals surface area contributed by atoms with E-state index in [1.165, 1.54) is 64.2 Å². The quantitative estimate of drug-likeness (QED) is 0.509. The van der Waals surface area contributed by atoms with Gasteiger partial charge in [0.05, 0.1) is 0 Å². The Kier molecular flexibility index (Phi) is 9.69. The first-order valence-corrected chi connectivity index (χ1v) is 14.7. The van der Waals surface area contributed by atoms with Crippen LogP contribution in [-0.2, 0) is 0 Å². The Morgan fingerprint density at radius 3 is 0.706 bits per heavy atom. The molecule has 1 aromatic heterocycles. The molecule has 0 N–H and O–H groups in total. The highest BCUT2D eigenvalue weighted by atomic mass is 16.2. The largest absolute Gasteiger partial charge is 0.336 e. The zero-order valence-electron chi connectivity index (χ0n) is 21.4. The van der Waals surface area contributed by atoms with Crippen molar-refractivity contribution < 1.29 is 0 Å². The van der Waals surface area contributed by atoms with E-state index in [0.717, 1.165) is 77.0 Å². The predicted octanol–water partition coefficient (Wildman–Crippen LogP) is 6.42. The first-order chi connectivity index (χ1) is 16.7. The molecule has 3 fully saturated rings. The van der Waals surface area contributed by atoms with Crippen LogP contribution in [-0.4, -0.2) is 13.7 Å². The van der Waals surface area contributed by atoms with Gasteiger partial charge in [-0.1, -0.05) is 103 Å². The van der Waals surface area contributed by atoms with Crippen LogP contribution in [0.1, 0.15) is 159 Å². The summed E-state index contributed by atoms with van der Waals surface area (Å²) >= 11 is 0. The third-order valence-electron chi connectivity index (χ3n) is 8.81. The van der Waals surface area contributed by atoms with E-state index in [9.17, 15) is 14.4 Å². The van der Waals surface area contributed by atoms with Crippen LogP contribution in [0.15, 0.2) is 14.4 Å². The van der Waals surface area contributed by atoms with E-state index < -0.39 is 0 Å². The second-order valence-electron chi connectivity index (χ2n) is 11.3. The van der Waals surface area contributed by atoms with Crippen molar-refractivity contribution in [3.63, 3.8) is 0 Å². The molecular formula is C28H47N3O3. The van der Waals surface area contributed by atoms with Crippen molar-refractivity contribution in [2.75, 3.05) is 0 Å². The summed E-state index contributed by atoms with van der Waals surface area (Å²) in [7, 11) is 0. The summed E-state index contributed by atoms with van der Waals surface area (Å²) in [6, 6.07) is -0.204. The lowest BCUT2D eigenvalue weighted by molar-refractivity contribution is 0.268. The summed E-state index contributed by atoms with van der Waals surface area (Å²) < 4.78 is 4.67. The molecule has 0 unspecified atom stereocenters. The van der Waals surface area contributed by atoms with Gasteiger partial charge >= 0.3 is 17.1 Å². The maximum absolute atomic E-state index is 14.0. The zero-order chi connectivity index (χ0) is 23.8. The molecule has 0 saturated heterocycles. The fraction of sp³-hybridized carbons (Fsp3) is 0.893. The molecule has 0 aromatic carbocycles. The van der Waals surface area contributed by atoms with Crippen LogP contribution in [0, 0.1) is 0 Å². The number of hydrogen-bond donors (Lipinski definition) is 0. The number of rotatable bonds is 3. The lowest BCUT2D eigenvalue weighted by Crippen LogP contribution is -2.57. The maximum Gasteiger partial charge on any atom is 0.336 e. The maximum atomic E-state index is 14.0. The van der Waals surface area contributed by atoms with E-state index >= 15 is 0 Å². The molecule has 0 radical (unpaired) electrons. The lowest BCUT2D eigenvalue weighted by Gasteiger charge is -2.28. The van der Waals surface area contributed by atoms with E-state index in [1.54, 1.807) is 13.7 Å². The fourth-order valence-electron chi connectivity index (χ4n) is 6.79. The molecule has 0 aliphatic heterocycles.